The Labute approximate surface area is 164 Å². The molecule has 0 fully saturated rings. The van der Waals surface area contributed by atoms with Crippen LogP contribution in [0.25, 0.3) is 11.4 Å². The van der Waals surface area contributed by atoms with Gasteiger partial charge in [-0.2, -0.15) is 18.2 Å². The van der Waals surface area contributed by atoms with E-state index >= 15 is 0 Å². The number of nitrogens with one attached hydrogen (secondary N) is 1. The number of rotatable bonds is 7. The van der Waals surface area contributed by atoms with Gasteiger partial charge in [0.05, 0.1) is 12.8 Å². The average molecular weight is 408 g/mol. The quantitative estimate of drug-likeness (QED) is 0.575. The van der Waals surface area contributed by atoms with E-state index in [4.69, 9.17) is 4.74 Å². The Morgan fingerprint density at radius 1 is 1.24 bits per heavy atom. The molecule has 0 amide bonds. The van der Waals surface area contributed by atoms with Crippen molar-refractivity contribution in [1.29, 1.82) is 0 Å². The molecule has 1 aromatic carbocycles. The minimum Gasteiger partial charge on any atom is -0.461 e. The van der Waals surface area contributed by atoms with Gasteiger partial charge >= 0.3 is 18.0 Å². The highest BCUT2D eigenvalue weighted by atomic mass is 19.4. The van der Waals surface area contributed by atoms with E-state index in [0.29, 0.717) is 11.4 Å². The van der Waals surface area contributed by atoms with Crippen LogP contribution in [0.2, 0.25) is 0 Å². The zero-order valence-electron chi connectivity index (χ0n) is 15.8. The summed E-state index contributed by atoms with van der Waals surface area (Å²) in [4.78, 5) is 22.5. The first-order valence-electron chi connectivity index (χ1n) is 9.06. The average Bonchev–Trinajstić information content (AvgIpc) is 3.36. The summed E-state index contributed by atoms with van der Waals surface area (Å²) >= 11 is 0. The van der Waals surface area contributed by atoms with Crippen LogP contribution >= 0.6 is 0 Å². The maximum absolute atomic E-state index is 12.6. The molecule has 0 aliphatic carbocycles. The van der Waals surface area contributed by atoms with E-state index in [2.05, 4.69) is 24.6 Å². The highest BCUT2D eigenvalue weighted by molar-refractivity contribution is 5.87. The summed E-state index contributed by atoms with van der Waals surface area (Å²) in [6.45, 7) is 4.01. The Kier molecular flexibility index (Phi) is 6.00. The molecule has 1 N–H and O–H groups in total. The second-order valence-corrected chi connectivity index (χ2v) is 6.29. The van der Waals surface area contributed by atoms with Crippen molar-refractivity contribution in [2.75, 3.05) is 6.61 Å². The predicted octanol–water partition coefficient (Wildman–Crippen LogP) is 4.59. The lowest BCUT2D eigenvalue weighted by molar-refractivity contribution is -0.159. The fraction of sp³-hybridized carbons (Fsp3) is 0.368. The Morgan fingerprint density at radius 2 is 1.97 bits per heavy atom. The number of nitrogens with zero attached hydrogens (tertiary/aromatic N) is 3. The lowest BCUT2D eigenvalue weighted by atomic mass is 9.93. The van der Waals surface area contributed by atoms with Crippen molar-refractivity contribution < 1.29 is 27.2 Å². The van der Waals surface area contributed by atoms with Gasteiger partial charge in [-0.25, -0.2) is 9.78 Å². The van der Waals surface area contributed by atoms with E-state index in [1.165, 1.54) is 6.20 Å². The topological polar surface area (TPSA) is 93.9 Å². The van der Waals surface area contributed by atoms with Gasteiger partial charge in [-0.05, 0) is 18.9 Å². The number of benzene rings is 1. The number of hydrogen-bond donors (Lipinski definition) is 1. The van der Waals surface area contributed by atoms with E-state index in [0.717, 1.165) is 18.4 Å². The van der Waals surface area contributed by atoms with E-state index in [1.807, 2.05) is 6.92 Å². The molecule has 1 unspecified atom stereocenters. The van der Waals surface area contributed by atoms with Crippen LogP contribution in [0.15, 0.2) is 35.0 Å². The van der Waals surface area contributed by atoms with E-state index in [1.54, 1.807) is 31.2 Å². The first-order chi connectivity index (χ1) is 13.8. The van der Waals surface area contributed by atoms with Gasteiger partial charge in [0.15, 0.2) is 0 Å². The Balaban J connectivity index is 1.84. The van der Waals surface area contributed by atoms with Gasteiger partial charge in [0, 0.05) is 11.5 Å². The van der Waals surface area contributed by atoms with Gasteiger partial charge in [0.2, 0.25) is 5.82 Å². The molecular weight excluding hydrogens is 389 g/mol. The molecular formula is C19H19F3N4O3. The summed E-state index contributed by atoms with van der Waals surface area (Å²) in [5.41, 5.74) is 1.56. The molecule has 29 heavy (non-hydrogen) atoms. The van der Waals surface area contributed by atoms with Crippen LogP contribution in [0.3, 0.4) is 0 Å². The molecule has 0 bridgehead atoms. The first kappa shape index (κ1) is 20.6. The van der Waals surface area contributed by atoms with E-state index in [9.17, 15) is 18.0 Å². The molecule has 0 aliphatic heterocycles. The smallest absolute Gasteiger partial charge is 0.461 e. The maximum Gasteiger partial charge on any atom is 0.471 e. The van der Waals surface area contributed by atoms with E-state index in [-0.39, 0.29) is 24.0 Å². The van der Waals surface area contributed by atoms with Gasteiger partial charge in [-0.15, -0.1) is 0 Å². The molecule has 0 spiro atoms. The minimum absolute atomic E-state index is 0.117. The maximum atomic E-state index is 12.6. The number of carbonyl (C=O) groups excluding carboxylic acids is 1. The Hall–Kier alpha value is -3.17. The number of aromatic nitrogens is 4. The molecule has 7 nitrogen and oxygen atoms in total. The molecule has 3 aromatic rings. The third kappa shape index (κ3) is 4.64. The van der Waals surface area contributed by atoms with Gasteiger partial charge in [0.25, 0.3) is 0 Å². The number of ether oxygens (including phenoxy) is 1. The lowest BCUT2D eigenvalue weighted by Crippen LogP contribution is -2.07. The second kappa shape index (κ2) is 8.46. The SMILES string of the molecule is CCCC(c1ccc(-c2noc(C(F)(F)F)n2)cc1)c1ncc(C(=O)OCC)[nH]1. The number of carbonyl (C=O) groups is 1. The summed E-state index contributed by atoms with van der Waals surface area (Å²) in [6, 6.07) is 6.79. The number of imidazole rings is 1. The number of alkyl halides is 3. The predicted molar refractivity (Wildman–Crippen MR) is 96.0 cm³/mol. The number of esters is 1. The summed E-state index contributed by atoms with van der Waals surface area (Å²) in [6.07, 6.45) is -1.63. The van der Waals surface area contributed by atoms with Crippen molar-refractivity contribution >= 4 is 5.97 Å². The summed E-state index contributed by atoms with van der Waals surface area (Å²) in [7, 11) is 0. The van der Waals surface area contributed by atoms with Gasteiger partial charge < -0.3 is 14.2 Å². The fourth-order valence-electron chi connectivity index (χ4n) is 2.90. The largest absolute Gasteiger partial charge is 0.471 e. The fourth-order valence-corrected chi connectivity index (χ4v) is 2.90. The van der Waals surface area contributed by atoms with Crippen molar-refractivity contribution in [2.24, 2.45) is 0 Å². The molecule has 10 heteroatoms. The highest BCUT2D eigenvalue weighted by Gasteiger charge is 2.38. The molecule has 3 rings (SSSR count). The van der Waals surface area contributed by atoms with Gasteiger partial charge in [0.1, 0.15) is 11.5 Å². The molecule has 1 atom stereocenters. The van der Waals surface area contributed by atoms with Crippen LogP contribution in [-0.4, -0.2) is 32.7 Å². The third-order valence-electron chi connectivity index (χ3n) is 4.24. The third-order valence-corrected chi connectivity index (χ3v) is 4.24. The molecule has 0 saturated carbocycles. The van der Waals surface area contributed by atoms with Crippen LogP contribution in [0.5, 0.6) is 0 Å². The molecule has 2 aromatic heterocycles. The molecule has 0 aliphatic rings. The Bertz CT molecular complexity index is 964. The molecule has 0 saturated heterocycles. The van der Waals surface area contributed by atoms with Crippen LogP contribution in [-0.2, 0) is 10.9 Å². The van der Waals surface area contributed by atoms with Crippen molar-refractivity contribution in [3.63, 3.8) is 0 Å². The summed E-state index contributed by atoms with van der Waals surface area (Å²) in [5.74, 6) is -1.51. The van der Waals surface area contributed by atoms with Crippen LogP contribution < -0.4 is 0 Å². The van der Waals surface area contributed by atoms with Crippen LogP contribution in [0, 0.1) is 0 Å². The summed E-state index contributed by atoms with van der Waals surface area (Å²) < 4.78 is 47.1. The first-order valence-corrected chi connectivity index (χ1v) is 9.06. The number of halogens is 3. The van der Waals surface area contributed by atoms with E-state index < -0.39 is 18.0 Å². The molecule has 0 radical (unpaired) electrons. The Morgan fingerprint density at radius 3 is 2.55 bits per heavy atom. The van der Waals surface area contributed by atoms with Crippen molar-refractivity contribution in [1.82, 2.24) is 20.1 Å². The zero-order chi connectivity index (χ0) is 21.0. The normalized spacial score (nSPS) is 12.7. The van der Waals surface area contributed by atoms with Gasteiger partial charge in [-0.3, -0.25) is 0 Å². The number of H-pyrrole nitrogens is 1. The van der Waals surface area contributed by atoms with Crippen molar-refractivity contribution in [3.05, 3.63) is 53.4 Å². The highest BCUT2D eigenvalue weighted by Crippen LogP contribution is 2.31. The van der Waals surface area contributed by atoms with Crippen LogP contribution in [0.4, 0.5) is 13.2 Å². The van der Waals surface area contributed by atoms with Crippen molar-refractivity contribution in [3.8, 4) is 11.4 Å². The van der Waals surface area contributed by atoms with Crippen molar-refractivity contribution in [2.45, 2.75) is 38.8 Å². The minimum atomic E-state index is -4.69. The number of aromatic amines is 1. The monoisotopic (exact) mass is 408 g/mol. The van der Waals surface area contributed by atoms with Crippen LogP contribution in [0.1, 0.15) is 60.4 Å². The molecule has 2 heterocycles. The molecule has 154 valence electrons. The van der Waals surface area contributed by atoms with Gasteiger partial charge in [-0.1, -0.05) is 42.8 Å². The lowest BCUT2D eigenvalue weighted by Gasteiger charge is -2.14. The number of hydrogen-bond acceptors (Lipinski definition) is 6. The standard InChI is InChI=1S/C19H19F3N4O3/c1-3-5-13(16-23-10-14(24-16)17(27)28-4-2)11-6-8-12(9-7-11)15-25-18(29-26-15)19(20,21)22/h6-10,13H,3-5H2,1-2H3,(H,23,24). The zero-order valence-corrected chi connectivity index (χ0v) is 15.8. The second-order valence-electron chi connectivity index (χ2n) is 6.29. The summed E-state index contributed by atoms with van der Waals surface area (Å²) in [5, 5.41) is 3.39.